The van der Waals surface area contributed by atoms with E-state index in [-0.39, 0.29) is 11.9 Å². The number of nitrogens with zero attached hydrogens (tertiary/aromatic N) is 3. The second kappa shape index (κ2) is 5.83. The number of carbonyl (C=O) groups excluding carboxylic acids is 1. The molecule has 0 radical (unpaired) electrons. The molecule has 1 aliphatic rings. The van der Waals surface area contributed by atoms with Crippen molar-refractivity contribution < 1.29 is 9.53 Å². The Morgan fingerprint density at radius 1 is 1.12 bits per heavy atom. The van der Waals surface area contributed by atoms with E-state index in [2.05, 4.69) is 10.6 Å². The Morgan fingerprint density at radius 3 is 2.75 bits per heavy atom. The molecule has 5 heteroatoms. The Kier molecular flexibility index (Phi) is 3.65. The van der Waals surface area contributed by atoms with Crippen LogP contribution in [0.2, 0.25) is 0 Å². The number of aromatic nitrogens is 2. The predicted molar refractivity (Wildman–Crippen MR) is 92.9 cm³/mol. The van der Waals surface area contributed by atoms with Crippen LogP contribution in [-0.4, -0.2) is 39.7 Å². The Hall–Kier alpha value is -2.53. The van der Waals surface area contributed by atoms with Crippen LogP contribution in [0.15, 0.2) is 48.8 Å². The van der Waals surface area contributed by atoms with Crippen LogP contribution in [0.3, 0.4) is 0 Å². The number of hydrogen-bond acceptors (Lipinski definition) is 2. The van der Waals surface area contributed by atoms with E-state index in [0.717, 1.165) is 22.2 Å². The van der Waals surface area contributed by atoms with Gasteiger partial charge in [0.15, 0.2) is 0 Å². The molecule has 4 rings (SSSR count). The molecule has 0 spiro atoms. The van der Waals surface area contributed by atoms with Gasteiger partial charge in [0.2, 0.25) is 0 Å². The van der Waals surface area contributed by atoms with E-state index in [1.165, 1.54) is 0 Å². The molecule has 1 fully saturated rings. The average Bonchev–Trinajstić information content (AvgIpc) is 3.18. The van der Waals surface area contributed by atoms with Gasteiger partial charge < -0.3 is 18.8 Å². The summed E-state index contributed by atoms with van der Waals surface area (Å²) in [5.74, 6) is 0.0706. The van der Waals surface area contributed by atoms with Gasteiger partial charge in [-0.3, -0.25) is 4.79 Å². The zero-order valence-corrected chi connectivity index (χ0v) is 14.0. The predicted octanol–water partition coefficient (Wildman–Crippen LogP) is 2.73. The van der Waals surface area contributed by atoms with Gasteiger partial charge in [-0.25, -0.2) is 0 Å². The number of aryl methyl sites for hydroxylation is 2. The van der Waals surface area contributed by atoms with Gasteiger partial charge in [0.25, 0.3) is 5.91 Å². The number of rotatable bonds is 2. The summed E-state index contributed by atoms with van der Waals surface area (Å²) >= 11 is 0. The summed E-state index contributed by atoms with van der Waals surface area (Å²) in [6.45, 7) is 1.73. The van der Waals surface area contributed by atoms with Gasteiger partial charge in [0.1, 0.15) is 0 Å². The summed E-state index contributed by atoms with van der Waals surface area (Å²) in [5.41, 5.74) is 2.93. The Balaban J connectivity index is 1.75. The normalized spacial score (nSPS) is 18.2. The quantitative estimate of drug-likeness (QED) is 0.727. The lowest BCUT2D eigenvalue weighted by Crippen LogP contribution is -2.44. The van der Waals surface area contributed by atoms with E-state index in [1.54, 1.807) is 0 Å². The highest BCUT2D eigenvalue weighted by Gasteiger charge is 2.31. The number of fused-ring (bicyclic) bond motifs is 1. The smallest absolute Gasteiger partial charge is 0.256 e. The lowest BCUT2D eigenvalue weighted by molar-refractivity contribution is -0.00453. The Bertz CT molecular complexity index is 893. The number of para-hydroxylation sites is 1. The first-order chi connectivity index (χ1) is 11.7. The third kappa shape index (κ3) is 2.32. The van der Waals surface area contributed by atoms with Crippen molar-refractivity contribution in [2.24, 2.45) is 14.1 Å². The minimum atomic E-state index is -0.0507. The lowest BCUT2D eigenvalue weighted by Gasteiger charge is -2.36. The van der Waals surface area contributed by atoms with Gasteiger partial charge in [-0.15, -0.1) is 0 Å². The van der Waals surface area contributed by atoms with Crippen molar-refractivity contribution >= 4 is 16.8 Å². The average molecular weight is 323 g/mol. The van der Waals surface area contributed by atoms with Gasteiger partial charge >= 0.3 is 0 Å². The standard InChI is InChI=1S/C19H21N3O2/c1-20-9-5-8-17(20)18-13-24-11-10-22(18)19(23)15-12-21(2)16-7-4-3-6-14(15)16/h3-9,12,18H,10-11,13H2,1-2H3/t18-/m0/s1. The second-order valence-electron chi connectivity index (χ2n) is 6.30. The molecular formula is C19H21N3O2. The fourth-order valence-electron chi connectivity index (χ4n) is 3.58. The van der Waals surface area contributed by atoms with Crippen molar-refractivity contribution in [3.8, 4) is 0 Å². The first-order valence-corrected chi connectivity index (χ1v) is 8.21. The van der Waals surface area contributed by atoms with E-state index >= 15 is 0 Å². The van der Waals surface area contributed by atoms with Crippen molar-refractivity contribution in [1.82, 2.24) is 14.0 Å². The van der Waals surface area contributed by atoms with E-state index in [1.807, 2.05) is 66.3 Å². The van der Waals surface area contributed by atoms with Crippen LogP contribution >= 0.6 is 0 Å². The first kappa shape index (κ1) is 15.0. The van der Waals surface area contributed by atoms with Crippen LogP contribution in [0.5, 0.6) is 0 Å². The number of ether oxygens (including phenoxy) is 1. The monoisotopic (exact) mass is 323 g/mol. The highest BCUT2D eigenvalue weighted by atomic mass is 16.5. The summed E-state index contributed by atoms with van der Waals surface area (Å²) in [7, 11) is 3.98. The van der Waals surface area contributed by atoms with Crippen LogP contribution < -0.4 is 0 Å². The second-order valence-corrected chi connectivity index (χ2v) is 6.30. The number of hydrogen-bond donors (Lipinski definition) is 0. The molecule has 1 saturated heterocycles. The molecule has 1 aromatic carbocycles. The summed E-state index contributed by atoms with van der Waals surface area (Å²) in [6, 6.07) is 12.0. The first-order valence-electron chi connectivity index (χ1n) is 8.21. The Morgan fingerprint density at radius 2 is 1.96 bits per heavy atom. The van der Waals surface area contributed by atoms with E-state index in [0.29, 0.717) is 19.8 Å². The summed E-state index contributed by atoms with van der Waals surface area (Å²) in [4.78, 5) is 15.2. The number of amides is 1. The minimum absolute atomic E-state index is 0.0507. The molecule has 5 nitrogen and oxygen atoms in total. The lowest BCUT2D eigenvalue weighted by atomic mass is 10.1. The maximum Gasteiger partial charge on any atom is 0.256 e. The summed E-state index contributed by atoms with van der Waals surface area (Å²) in [6.07, 6.45) is 3.94. The highest BCUT2D eigenvalue weighted by Crippen LogP contribution is 2.29. The molecule has 124 valence electrons. The van der Waals surface area contributed by atoms with E-state index in [9.17, 15) is 4.79 Å². The van der Waals surface area contributed by atoms with Crippen molar-refractivity contribution in [1.29, 1.82) is 0 Å². The molecule has 1 atom stereocenters. The molecule has 1 amide bonds. The third-order valence-corrected chi connectivity index (χ3v) is 4.84. The van der Waals surface area contributed by atoms with Crippen LogP contribution in [0.25, 0.3) is 10.9 Å². The summed E-state index contributed by atoms with van der Waals surface area (Å²) < 4.78 is 9.73. The molecule has 0 unspecified atom stereocenters. The number of morpholine rings is 1. The van der Waals surface area contributed by atoms with E-state index in [4.69, 9.17) is 4.74 Å². The Labute approximate surface area is 141 Å². The fourth-order valence-corrected chi connectivity index (χ4v) is 3.58. The van der Waals surface area contributed by atoms with Gasteiger partial charge in [-0.2, -0.15) is 0 Å². The minimum Gasteiger partial charge on any atom is -0.377 e. The van der Waals surface area contributed by atoms with Crippen LogP contribution in [0.4, 0.5) is 0 Å². The molecule has 0 bridgehead atoms. The van der Waals surface area contributed by atoms with Crippen molar-refractivity contribution in [3.63, 3.8) is 0 Å². The van der Waals surface area contributed by atoms with Crippen LogP contribution in [0.1, 0.15) is 22.1 Å². The molecule has 0 aliphatic carbocycles. The van der Waals surface area contributed by atoms with Crippen molar-refractivity contribution in [2.75, 3.05) is 19.8 Å². The molecule has 1 aliphatic heterocycles. The number of benzene rings is 1. The molecule has 3 heterocycles. The largest absolute Gasteiger partial charge is 0.377 e. The molecule has 0 N–H and O–H groups in total. The van der Waals surface area contributed by atoms with Gasteiger partial charge in [0, 0.05) is 49.6 Å². The zero-order chi connectivity index (χ0) is 16.7. The highest BCUT2D eigenvalue weighted by molar-refractivity contribution is 6.07. The van der Waals surface area contributed by atoms with Crippen LogP contribution in [0, 0.1) is 0 Å². The van der Waals surface area contributed by atoms with Crippen LogP contribution in [-0.2, 0) is 18.8 Å². The van der Waals surface area contributed by atoms with Gasteiger partial charge in [0.05, 0.1) is 24.8 Å². The molecule has 24 heavy (non-hydrogen) atoms. The van der Waals surface area contributed by atoms with Crippen molar-refractivity contribution in [3.05, 3.63) is 60.0 Å². The third-order valence-electron chi connectivity index (χ3n) is 4.84. The van der Waals surface area contributed by atoms with Gasteiger partial charge in [-0.1, -0.05) is 18.2 Å². The zero-order valence-electron chi connectivity index (χ0n) is 14.0. The maximum absolute atomic E-state index is 13.3. The molecule has 2 aromatic heterocycles. The number of carbonyl (C=O) groups is 1. The fraction of sp³-hybridized carbons (Fsp3) is 0.316. The topological polar surface area (TPSA) is 39.4 Å². The maximum atomic E-state index is 13.3. The van der Waals surface area contributed by atoms with E-state index < -0.39 is 0 Å². The summed E-state index contributed by atoms with van der Waals surface area (Å²) in [5, 5.41) is 1.00. The molecule has 0 saturated carbocycles. The molecular weight excluding hydrogens is 302 g/mol. The molecule has 3 aromatic rings. The SMILES string of the molecule is Cn1cccc1[C@@H]1COCCN1C(=O)c1cn(C)c2ccccc12. The van der Waals surface area contributed by atoms with Gasteiger partial charge in [-0.05, 0) is 18.2 Å². The van der Waals surface area contributed by atoms with Crippen molar-refractivity contribution in [2.45, 2.75) is 6.04 Å².